The second-order valence-corrected chi connectivity index (χ2v) is 6.54. The Morgan fingerprint density at radius 3 is 2.72 bits per heavy atom. The number of hydrogen-bond acceptors (Lipinski definition) is 4. The molecule has 1 heterocycles. The van der Waals surface area contributed by atoms with Crippen molar-refractivity contribution in [1.29, 1.82) is 0 Å². The van der Waals surface area contributed by atoms with Crippen LogP contribution in [0, 0.1) is 0 Å². The molecule has 1 N–H and O–H groups in total. The van der Waals surface area contributed by atoms with E-state index in [1.165, 1.54) is 13.2 Å². The van der Waals surface area contributed by atoms with Gasteiger partial charge in [0.2, 0.25) is 5.91 Å². The van der Waals surface area contributed by atoms with E-state index in [-0.39, 0.29) is 5.91 Å². The number of aromatic nitrogens is 2. The van der Waals surface area contributed by atoms with Crippen LogP contribution in [0.4, 0.5) is 0 Å². The zero-order chi connectivity index (χ0) is 20.6. The van der Waals surface area contributed by atoms with Gasteiger partial charge < -0.3 is 14.8 Å². The van der Waals surface area contributed by atoms with E-state index in [1.807, 2.05) is 43.5 Å². The number of hydrogen-bond donors (Lipinski definition) is 1. The third kappa shape index (κ3) is 5.39. The molecule has 0 aliphatic rings. The van der Waals surface area contributed by atoms with Crippen LogP contribution in [0.3, 0.4) is 0 Å². The van der Waals surface area contributed by atoms with E-state index in [1.54, 1.807) is 29.1 Å². The summed E-state index contributed by atoms with van der Waals surface area (Å²) < 4.78 is 12.6. The summed E-state index contributed by atoms with van der Waals surface area (Å²) in [4.78, 5) is 12.2. The van der Waals surface area contributed by atoms with Crippen molar-refractivity contribution in [3.05, 3.63) is 77.1 Å². The lowest BCUT2D eigenvalue weighted by Gasteiger charge is -2.11. The zero-order valence-electron chi connectivity index (χ0n) is 16.3. The van der Waals surface area contributed by atoms with Crippen LogP contribution < -0.4 is 14.8 Å². The molecule has 0 bridgehead atoms. The van der Waals surface area contributed by atoms with E-state index in [4.69, 9.17) is 21.1 Å². The van der Waals surface area contributed by atoms with Gasteiger partial charge in [-0.3, -0.25) is 4.79 Å². The minimum Gasteiger partial charge on any atom is -0.491 e. The fraction of sp³-hybridized carbons (Fsp3) is 0.182. The minimum absolute atomic E-state index is 0.203. The summed E-state index contributed by atoms with van der Waals surface area (Å²) >= 11 is 6.23. The molecule has 29 heavy (non-hydrogen) atoms. The molecule has 0 saturated heterocycles. The van der Waals surface area contributed by atoms with Gasteiger partial charge in [0.1, 0.15) is 0 Å². The normalized spacial score (nSPS) is 10.9. The van der Waals surface area contributed by atoms with Crippen molar-refractivity contribution in [1.82, 2.24) is 15.1 Å². The third-order valence-electron chi connectivity index (χ3n) is 4.14. The maximum Gasteiger partial charge on any atom is 0.244 e. The predicted octanol–water partition coefficient (Wildman–Crippen LogP) is 4.26. The van der Waals surface area contributed by atoms with Gasteiger partial charge in [-0.05, 0) is 54.5 Å². The van der Waals surface area contributed by atoms with Gasteiger partial charge in [-0.1, -0.05) is 23.7 Å². The van der Waals surface area contributed by atoms with E-state index in [2.05, 4.69) is 10.4 Å². The van der Waals surface area contributed by atoms with E-state index >= 15 is 0 Å². The number of methoxy groups -OCH3 is 1. The smallest absolute Gasteiger partial charge is 0.244 e. The Morgan fingerprint density at radius 2 is 2.07 bits per heavy atom. The minimum atomic E-state index is -0.203. The molecule has 0 atom stereocenters. The zero-order valence-corrected chi connectivity index (χ0v) is 17.0. The van der Waals surface area contributed by atoms with Gasteiger partial charge >= 0.3 is 0 Å². The summed E-state index contributed by atoms with van der Waals surface area (Å²) in [5.41, 5.74) is 2.71. The molecule has 0 aliphatic heterocycles. The lowest BCUT2D eigenvalue weighted by atomic mass is 10.1. The number of nitrogens with zero attached hydrogens (tertiary/aromatic N) is 2. The first-order valence-electron chi connectivity index (χ1n) is 9.16. The molecule has 6 nitrogen and oxygen atoms in total. The van der Waals surface area contributed by atoms with Crippen LogP contribution in [0.1, 0.15) is 18.1 Å². The molecular weight excluding hydrogens is 390 g/mol. The van der Waals surface area contributed by atoms with Crippen LogP contribution >= 0.6 is 11.6 Å². The fourth-order valence-electron chi connectivity index (χ4n) is 2.75. The number of rotatable bonds is 8. The van der Waals surface area contributed by atoms with Crippen LogP contribution in [-0.4, -0.2) is 29.4 Å². The van der Waals surface area contributed by atoms with E-state index in [0.717, 1.165) is 16.8 Å². The Labute approximate surface area is 174 Å². The largest absolute Gasteiger partial charge is 0.491 e. The number of carbonyl (C=O) groups excluding carboxylic acids is 1. The van der Waals surface area contributed by atoms with Crippen molar-refractivity contribution in [2.75, 3.05) is 13.7 Å². The highest BCUT2D eigenvalue weighted by Crippen LogP contribution is 2.36. The number of ether oxygens (including phenoxy) is 2. The molecule has 1 amide bonds. The maximum absolute atomic E-state index is 12.2. The molecule has 0 radical (unpaired) electrons. The molecule has 1 aromatic heterocycles. The summed E-state index contributed by atoms with van der Waals surface area (Å²) in [7, 11) is 1.54. The predicted molar refractivity (Wildman–Crippen MR) is 114 cm³/mol. The van der Waals surface area contributed by atoms with Crippen LogP contribution in [0.25, 0.3) is 11.8 Å². The highest BCUT2D eigenvalue weighted by Gasteiger charge is 2.10. The number of benzene rings is 2. The monoisotopic (exact) mass is 411 g/mol. The van der Waals surface area contributed by atoms with E-state index in [9.17, 15) is 4.79 Å². The second-order valence-electron chi connectivity index (χ2n) is 6.14. The maximum atomic E-state index is 12.2. The van der Waals surface area contributed by atoms with E-state index in [0.29, 0.717) is 29.7 Å². The quantitative estimate of drug-likeness (QED) is 0.562. The molecule has 0 saturated carbocycles. The van der Waals surface area contributed by atoms with Gasteiger partial charge in [-0.15, -0.1) is 0 Å². The average molecular weight is 412 g/mol. The van der Waals surface area contributed by atoms with Crippen molar-refractivity contribution in [3.63, 3.8) is 0 Å². The van der Waals surface area contributed by atoms with Crippen LogP contribution in [0.5, 0.6) is 11.5 Å². The lowest BCUT2D eigenvalue weighted by Crippen LogP contribution is -2.20. The summed E-state index contributed by atoms with van der Waals surface area (Å²) in [6.07, 6.45) is 6.76. The van der Waals surface area contributed by atoms with E-state index < -0.39 is 0 Å². The van der Waals surface area contributed by atoms with Crippen LogP contribution in [0.2, 0.25) is 5.02 Å². The van der Waals surface area contributed by atoms with Gasteiger partial charge in [-0.25, -0.2) is 4.68 Å². The first-order chi connectivity index (χ1) is 14.1. The van der Waals surface area contributed by atoms with Gasteiger partial charge in [0.05, 0.1) is 24.4 Å². The number of halogens is 1. The Bertz CT molecular complexity index is 983. The van der Waals surface area contributed by atoms with Crippen molar-refractivity contribution < 1.29 is 14.3 Å². The third-order valence-corrected chi connectivity index (χ3v) is 4.42. The Hall–Kier alpha value is -3.25. The van der Waals surface area contributed by atoms with Gasteiger partial charge in [-0.2, -0.15) is 5.10 Å². The standard InChI is InChI=1S/C22H22ClN3O3/c1-3-29-20-14-17(13-19(23)22(20)28-2)7-10-21(27)24-15-16-5-8-18(9-6-16)26-12-4-11-25-26/h4-14H,3,15H2,1-2H3,(H,24,27). The van der Waals surface area contributed by atoms with Crippen molar-refractivity contribution >= 4 is 23.6 Å². The SMILES string of the molecule is CCOc1cc(C=CC(=O)NCc2ccc(-n3cccn3)cc2)cc(Cl)c1OC. The molecular formula is C22H22ClN3O3. The summed E-state index contributed by atoms with van der Waals surface area (Å²) in [6.45, 7) is 2.79. The molecule has 150 valence electrons. The topological polar surface area (TPSA) is 65.4 Å². The molecule has 3 aromatic rings. The highest BCUT2D eigenvalue weighted by molar-refractivity contribution is 6.32. The van der Waals surface area contributed by atoms with Gasteiger partial charge in [0, 0.05) is 25.0 Å². The number of nitrogens with one attached hydrogen (secondary N) is 1. The Balaban J connectivity index is 1.60. The summed E-state index contributed by atoms with van der Waals surface area (Å²) in [6, 6.07) is 13.2. The van der Waals surface area contributed by atoms with Crippen molar-refractivity contribution in [2.45, 2.75) is 13.5 Å². The van der Waals surface area contributed by atoms with Crippen molar-refractivity contribution in [3.8, 4) is 17.2 Å². The average Bonchev–Trinajstić information content (AvgIpc) is 3.26. The molecule has 2 aromatic carbocycles. The highest BCUT2D eigenvalue weighted by atomic mass is 35.5. The first kappa shape index (κ1) is 20.5. The van der Waals surface area contributed by atoms with Gasteiger partial charge in [0.25, 0.3) is 0 Å². The summed E-state index contributed by atoms with van der Waals surface area (Å²) in [5.74, 6) is 0.819. The molecule has 0 unspecified atom stereocenters. The lowest BCUT2D eigenvalue weighted by molar-refractivity contribution is -0.116. The Morgan fingerprint density at radius 1 is 1.28 bits per heavy atom. The fourth-order valence-corrected chi connectivity index (χ4v) is 3.05. The molecule has 3 rings (SSSR count). The van der Waals surface area contributed by atoms with Gasteiger partial charge in [0.15, 0.2) is 11.5 Å². The van der Waals surface area contributed by atoms with Crippen LogP contribution in [0.15, 0.2) is 60.9 Å². The molecule has 0 spiro atoms. The summed E-state index contributed by atoms with van der Waals surface area (Å²) in [5, 5.41) is 7.48. The first-order valence-corrected chi connectivity index (χ1v) is 9.53. The molecule has 0 fully saturated rings. The second kappa shape index (κ2) is 9.80. The van der Waals surface area contributed by atoms with Crippen LogP contribution in [-0.2, 0) is 11.3 Å². The van der Waals surface area contributed by atoms with Crippen molar-refractivity contribution in [2.24, 2.45) is 0 Å². The molecule has 0 aliphatic carbocycles. The number of carbonyl (C=O) groups is 1. The number of amides is 1. The Kier molecular flexibility index (Phi) is 6.92. The molecule has 7 heteroatoms.